The Morgan fingerprint density at radius 2 is 2.00 bits per heavy atom. The van der Waals surface area contributed by atoms with E-state index >= 15 is 0 Å². The largest absolute Gasteiger partial charge is 0.481 e. The Balaban J connectivity index is 2.38. The number of rotatable bonds is 3. The molecule has 0 amide bonds. The summed E-state index contributed by atoms with van der Waals surface area (Å²) < 4.78 is 64.4. The van der Waals surface area contributed by atoms with Crippen LogP contribution in [0.4, 0.5) is 13.2 Å². The van der Waals surface area contributed by atoms with Gasteiger partial charge in [0.05, 0.1) is 21.4 Å². The van der Waals surface area contributed by atoms with Crippen molar-refractivity contribution in [3.63, 3.8) is 0 Å². The van der Waals surface area contributed by atoms with Gasteiger partial charge in [0, 0.05) is 13.1 Å². The SMILES string of the molecule is O=C(O)C1CCCN(S(=O)(=O)c2ccc(Cl)c(C(F)(F)F)c2)C1. The van der Waals surface area contributed by atoms with E-state index in [0.717, 1.165) is 16.4 Å². The zero-order valence-electron chi connectivity index (χ0n) is 11.7. The maximum atomic E-state index is 12.9. The molecule has 1 unspecified atom stereocenters. The summed E-state index contributed by atoms with van der Waals surface area (Å²) in [5, 5.41) is 8.39. The van der Waals surface area contributed by atoms with Crippen molar-refractivity contribution in [2.75, 3.05) is 13.1 Å². The van der Waals surface area contributed by atoms with Gasteiger partial charge < -0.3 is 5.11 Å². The predicted molar refractivity (Wildman–Crippen MR) is 75.6 cm³/mol. The molecule has 1 aromatic carbocycles. The third kappa shape index (κ3) is 3.78. The molecule has 1 aliphatic rings. The first kappa shape index (κ1) is 18.0. The molecule has 1 aromatic rings. The van der Waals surface area contributed by atoms with Gasteiger partial charge in [-0.25, -0.2) is 8.42 Å². The highest BCUT2D eigenvalue weighted by molar-refractivity contribution is 7.89. The molecule has 2 rings (SSSR count). The second-order valence-electron chi connectivity index (χ2n) is 5.18. The number of benzene rings is 1. The Hall–Kier alpha value is -1.32. The minimum Gasteiger partial charge on any atom is -0.481 e. The maximum absolute atomic E-state index is 12.9. The lowest BCUT2D eigenvalue weighted by molar-refractivity contribution is -0.143. The number of hydrogen-bond acceptors (Lipinski definition) is 3. The standard InChI is InChI=1S/C13H13ClF3NO4S/c14-11-4-3-9(6-10(11)13(15,16)17)23(21,22)18-5-1-2-8(7-18)12(19)20/h3-4,6,8H,1-2,5,7H2,(H,19,20). The molecule has 0 saturated carbocycles. The Labute approximate surface area is 135 Å². The Bertz CT molecular complexity index is 720. The Morgan fingerprint density at radius 1 is 1.35 bits per heavy atom. The first-order valence-corrected chi connectivity index (χ1v) is 8.45. The lowest BCUT2D eigenvalue weighted by Gasteiger charge is -2.30. The van der Waals surface area contributed by atoms with Crippen molar-refractivity contribution in [1.29, 1.82) is 0 Å². The first-order chi connectivity index (χ1) is 10.5. The van der Waals surface area contributed by atoms with E-state index < -0.39 is 43.6 Å². The van der Waals surface area contributed by atoms with Crippen LogP contribution in [0.5, 0.6) is 0 Å². The van der Waals surface area contributed by atoms with Crippen LogP contribution in [0.3, 0.4) is 0 Å². The molecule has 1 atom stereocenters. The molecule has 0 spiro atoms. The molecule has 10 heteroatoms. The molecule has 0 bridgehead atoms. The molecule has 5 nitrogen and oxygen atoms in total. The van der Waals surface area contributed by atoms with E-state index in [-0.39, 0.29) is 13.1 Å². The monoisotopic (exact) mass is 371 g/mol. The number of carbonyl (C=O) groups is 1. The van der Waals surface area contributed by atoms with E-state index in [1.165, 1.54) is 0 Å². The average molecular weight is 372 g/mol. The number of halogens is 4. The molecular weight excluding hydrogens is 359 g/mol. The van der Waals surface area contributed by atoms with E-state index in [9.17, 15) is 26.4 Å². The van der Waals surface area contributed by atoms with Gasteiger partial charge in [-0.2, -0.15) is 17.5 Å². The molecule has 0 radical (unpaired) electrons. The Morgan fingerprint density at radius 3 is 2.57 bits per heavy atom. The topological polar surface area (TPSA) is 74.7 Å². The minimum atomic E-state index is -4.78. The van der Waals surface area contributed by atoms with Gasteiger partial charge in [0.2, 0.25) is 10.0 Å². The highest BCUT2D eigenvalue weighted by Gasteiger charge is 2.37. The molecule has 0 aromatic heterocycles. The van der Waals surface area contributed by atoms with Crippen LogP contribution in [0.15, 0.2) is 23.1 Å². The summed E-state index contributed by atoms with van der Waals surface area (Å²) in [6, 6.07) is 2.33. The molecule has 0 aliphatic carbocycles. The van der Waals surface area contributed by atoms with Gasteiger partial charge in [-0.3, -0.25) is 4.79 Å². The zero-order chi connectivity index (χ0) is 17.4. The van der Waals surface area contributed by atoms with Crippen molar-refractivity contribution >= 4 is 27.6 Å². The van der Waals surface area contributed by atoms with Gasteiger partial charge >= 0.3 is 12.1 Å². The summed E-state index contributed by atoms with van der Waals surface area (Å²) in [6.07, 6.45) is -4.13. The van der Waals surface area contributed by atoms with Crippen LogP contribution in [0.1, 0.15) is 18.4 Å². The third-order valence-corrected chi connectivity index (χ3v) is 5.81. The van der Waals surface area contributed by atoms with Crippen LogP contribution in [0.2, 0.25) is 5.02 Å². The van der Waals surface area contributed by atoms with Crippen molar-refractivity contribution in [2.45, 2.75) is 23.9 Å². The van der Waals surface area contributed by atoms with Crippen LogP contribution < -0.4 is 0 Å². The minimum absolute atomic E-state index is 0.0656. The van der Waals surface area contributed by atoms with Gasteiger partial charge in [-0.15, -0.1) is 0 Å². The van der Waals surface area contributed by atoms with Crippen LogP contribution >= 0.6 is 11.6 Å². The smallest absolute Gasteiger partial charge is 0.417 e. The quantitative estimate of drug-likeness (QED) is 0.886. The number of carboxylic acids is 1. The normalized spacial score (nSPS) is 20.4. The molecular formula is C13H13ClF3NO4S. The highest BCUT2D eigenvalue weighted by Crippen LogP contribution is 2.36. The lowest BCUT2D eigenvalue weighted by Crippen LogP contribution is -2.42. The van der Waals surface area contributed by atoms with Crippen LogP contribution in [0, 0.1) is 5.92 Å². The van der Waals surface area contributed by atoms with Gasteiger partial charge in [0.15, 0.2) is 0 Å². The van der Waals surface area contributed by atoms with Crippen molar-refractivity contribution in [1.82, 2.24) is 4.31 Å². The predicted octanol–water partition coefficient (Wildman–Crippen LogP) is 2.84. The second-order valence-corrected chi connectivity index (χ2v) is 7.52. The molecule has 1 heterocycles. The van der Waals surface area contributed by atoms with Crippen molar-refractivity contribution < 1.29 is 31.5 Å². The van der Waals surface area contributed by atoms with Gasteiger partial charge in [-0.1, -0.05) is 11.6 Å². The van der Waals surface area contributed by atoms with E-state index in [4.69, 9.17) is 16.7 Å². The van der Waals surface area contributed by atoms with E-state index in [1.54, 1.807) is 0 Å². The number of carboxylic acid groups (broad SMARTS) is 1. The highest BCUT2D eigenvalue weighted by atomic mass is 35.5. The average Bonchev–Trinajstić information content (AvgIpc) is 2.46. The summed E-state index contributed by atoms with van der Waals surface area (Å²) in [7, 11) is -4.22. The molecule has 23 heavy (non-hydrogen) atoms. The molecule has 128 valence electrons. The van der Waals surface area contributed by atoms with Crippen molar-refractivity contribution in [2.24, 2.45) is 5.92 Å². The number of alkyl halides is 3. The summed E-state index contributed by atoms with van der Waals surface area (Å²) in [6.45, 7) is -0.197. The number of sulfonamides is 1. The number of hydrogen-bond donors (Lipinski definition) is 1. The number of nitrogens with zero attached hydrogens (tertiary/aromatic N) is 1. The zero-order valence-corrected chi connectivity index (χ0v) is 13.2. The van der Waals surface area contributed by atoms with Crippen LogP contribution in [-0.4, -0.2) is 36.9 Å². The van der Waals surface area contributed by atoms with Crippen LogP contribution in [-0.2, 0) is 21.0 Å². The molecule has 1 fully saturated rings. The summed E-state index contributed by atoms with van der Waals surface area (Å²) in [5.74, 6) is -2.00. The lowest BCUT2D eigenvalue weighted by atomic mass is 10.0. The van der Waals surface area contributed by atoms with Crippen LogP contribution in [0.25, 0.3) is 0 Å². The maximum Gasteiger partial charge on any atom is 0.417 e. The fourth-order valence-corrected chi connectivity index (χ4v) is 4.17. The number of aliphatic carboxylic acids is 1. The molecule has 1 aliphatic heterocycles. The van der Waals surface area contributed by atoms with E-state index in [2.05, 4.69) is 0 Å². The summed E-state index contributed by atoms with van der Waals surface area (Å²) in [5.41, 5.74) is -1.24. The number of piperidine rings is 1. The fraction of sp³-hybridized carbons (Fsp3) is 0.462. The van der Waals surface area contributed by atoms with Gasteiger partial charge in [0.1, 0.15) is 0 Å². The summed E-state index contributed by atoms with van der Waals surface area (Å²) in [4.78, 5) is 10.5. The van der Waals surface area contributed by atoms with Gasteiger partial charge in [-0.05, 0) is 31.0 Å². The Kier molecular flexibility index (Phi) is 4.93. The molecule has 1 saturated heterocycles. The third-order valence-electron chi connectivity index (χ3n) is 3.61. The first-order valence-electron chi connectivity index (χ1n) is 6.63. The van der Waals surface area contributed by atoms with Crippen molar-refractivity contribution in [3.05, 3.63) is 28.8 Å². The summed E-state index contributed by atoms with van der Waals surface area (Å²) >= 11 is 5.48. The van der Waals surface area contributed by atoms with E-state index in [0.29, 0.717) is 18.9 Å². The van der Waals surface area contributed by atoms with E-state index in [1.807, 2.05) is 0 Å². The molecule has 1 N–H and O–H groups in total. The second kappa shape index (κ2) is 6.29. The van der Waals surface area contributed by atoms with Gasteiger partial charge in [0.25, 0.3) is 0 Å². The van der Waals surface area contributed by atoms with Crippen molar-refractivity contribution in [3.8, 4) is 0 Å². The fourth-order valence-electron chi connectivity index (χ4n) is 2.39.